The van der Waals surface area contributed by atoms with Gasteiger partial charge in [0.2, 0.25) is 0 Å². The average Bonchev–Trinajstić information content (AvgIpc) is 2.87. The first-order chi connectivity index (χ1) is 18.8. The Labute approximate surface area is 240 Å². The van der Waals surface area contributed by atoms with Crippen molar-refractivity contribution >= 4 is 35.5 Å². The molecule has 0 amide bonds. The first-order valence-electron chi connectivity index (χ1n) is 12.9. The van der Waals surface area contributed by atoms with Gasteiger partial charge in [-0.25, -0.2) is 0 Å². The molecule has 0 spiro atoms. The molecule has 0 unspecified atom stereocenters. The SMILES string of the molecule is C=C(/C=C\C(Cl)=C(/C)Cc1ccc(CC)cc1)[C@@H]1O[C@H](COC(C)=O)[C@@H](OC(C)=O)[C@H](OC(C)=O)[C@H]1OC(C)=O. The van der Waals surface area contributed by atoms with Crippen molar-refractivity contribution in [2.45, 2.75) is 84.9 Å². The highest BCUT2D eigenvalue weighted by molar-refractivity contribution is 6.31. The zero-order valence-electron chi connectivity index (χ0n) is 23.7. The third-order valence-corrected chi connectivity index (χ3v) is 6.56. The molecule has 0 radical (unpaired) electrons. The lowest BCUT2D eigenvalue weighted by Crippen LogP contribution is -2.62. The molecule has 0 aliphatic carbocycles. The Kier molecular flexibility index (Phi) is 12.6. The maximum absolute atomic E-state index is 12.0. The fourth-order valence-electron chi connectivity index (χ4n) is 4.23. The number of hydrogen-bond acceptors (Lipinski definition) is 9. The summed E-state index contributed by atoms with van der Waals surface area (Å²) in [5.74, 6) is -2.69. The van der Waals surface area contributed by atoms with Gasteiger partial charge in [-0.05, 0) is 42.5 Å². The Morgan fingerprint density at radius 2 is 1.35 bits per heavy atom. The van der Waals surface area contributed by atoms with Gasteiger partial charge in [-0.2, -0.15) is 0 Å². The second kappa shape index (κ2) is 15.4. The van der Waals surface area contributed by atoms with Crippen LogP contribution in [0.2, 0.25) is 0 Å². The van der Waals surface area contributed by atoms with Crippen molar-refractivity contribution < 1.29 is 42.9 Å². The molecule has 218 valence electrons. The van der Waals surface area contributed by atoms with Crippen molar-refractivity contribution in [1.29, 1.82) is 0 Å². The van der Waals surface area contributed by atoms with Crippen LogP contribution in [-0.4, -0.2) is 61.0 Å². The molecule has 40 heavy (non-hydrogen) atoms. The van der Waals surface area contributed by atoms with E-state index in [2.05, 4.69) is 37.8 Å². The minimum Gasteiger partial charge on any atom is -0.463 e. The van der Waals surface area contributed by atoms with E-state index in [0.717, 1.165) is 24.5 Å². The maximum atomic E-state index is 12.0. The highest BCUT2D eigenvalue weighted by Gasteiger charge is 2.52. The predicted octanol–water partition coefficient (Wildman–Crippen LogP) is 4.54. The van der Waals surface area contributed by atoms with Crippen LogP contribution in [-0.2, 0) is 55.7 Å². The number of aryl methyl sites for hydroxylation is 1. The predicted molar refractivity (Wildman–Crippen MR) is 148 cm³/mol. The largest absolute Gasteiger partial charge is 0.463 e. The van der Waals surface area contributed by atoms with Crippen molar-refractivity contribution in [2.24, 2.45) is 0 Å². The number of esters is 4. The quantitative estimate of drug-likeness (QED) is 0.213. The Bertz CT molecular complexity index is 1150. The van der Waals surface area contributed by atoms with E-state index in [1.54, 1.807) is 12.2 Å². The topological polar surface area (TPSA) is 114 Å². The second-order valence-corrected chi connectivity index (χ2v) is 9.91. The van der Waals surface area contributed by atoms with Crippen LogP contribution in [0.25, 0.3) is 0 Å². The average molecular weight is 577 g/mol. The molecule has 0 aromatic heterocycles. The smallest absolute Gasteiger partial charge is 0.303 e. The van der Waals surface area contributed by atoms with Crippen LogP contribution in [0.5, 0.6) is 0 Å². The summed E-state index contributed by atoms with van der Waals surface area (Å²) in [4.78, 5) is 47.5. The summed E-state index contributed by atoms with van der Waals surface area (Å²) in [6.45, 7) is 12.5. The Morgan fingerprint density at radius 1 is 0.825 bits per heavy atom. The monoisotopic (exact) mass is 576 g/mol. The van der Waals surface area contributed by atoms with Gasteiger partial charge >= 0.3 is 23.9 Å². The lowest BCUT2D eigenvalue weighted by atomic mass is 9.90. The molecule has 1 aliphatic rings. The molecule has 0 N–H and O–H groups in total. The van der Waals surface area contributed by atoms with E-state index in [0.29, 0.717) is 17.0 Å². The number of rotatable bonds is 11. The van der Waals surface area contributed by atoms with E-state index in [1.807, 2.05) is 6.92 Å². The third-order valence-electron chi connectivity index (χ3n) is 6.11. The molecule has 1 heterocycles. The lowest BCUT2D eigenvalue weighted by molar-refractivity contribution is -0.245. The molecule has 5 atom stereocenters. The molecule has 2 rings (SSSR count). The molecule has 9 nitrogen and oxygen atoms in total. The summed E-state index contributed by atoms with van der Waals surface area (Å²) >= 11 is 6.58. The van der Waals surface area contributed by atoms with E-state index >= 15 is 0 Å². The molecule has 1 aromatic carbocycles. The minimum atomic E-state index is -1.27. The number of ether oxygens (including phenoxy) is 5. The number of halogens is 1. The standard InChI is InChI=1S/C30H37ClO9/c1-8-23-10-12-24(13-11-23)15-18(3)25(31)14-9-17(2)27-29(38-21(6)34)30(39-22(7)35)28(37-20(5)33)26(40-27)16-36-19(4)32/h9-14,26-30H,2,8,15-16H2,1,3-7H3/b14-9-,25-18-/t26-,27+,28-,29+,30+/m1/s1. The number of allylic oxidation sites excluding steroid dienone is 3. The first kappa shape index (κ1) is 32.8. The summed E-state index contributed by atoms with van der Waals surface area (Å²) in [5, 5.41) is 0.478. The van der Waals surface area contributed by atoms with Gasteiger partial charge in [0, 0.05) is 32.7 Å². The van der Waals surface area contributed by atoms with Gasteiger partial charge in [0.1, 0.15) is 18.8 Å². The summed E-state index contributed by atoms with van der Waals surface area (Å²) in [6.07, 6.45) is -0.991. The fraction of sp³-hybridized carbons (Fsp3) is 0.467. The van der Waals surface area contributed by atoms with Crippen LogP contribution >= 0.6 is 11.6 Å². The van der Waals surface area contributed by atoms with E-state index < -0.39 is 54.4 Å². The molecule has 1 saturated heterocycles. The zero-order valence-corrected chi connectivity index (χ0v) is 24.5. The summed E-state index contributed by atoms with van der Waals surface area (Å²) in [5.41, 5.74) is 3.60. The number of carbonyl (C=O) groups excluding carboxylic acids is 4. The summed E-state index contributed by atoms with van der Waals surface area (Å²) in [6, 6.07) is 8.29. The van der Waals surface area contributed by atoms with E-state index in [-0.39, 0.29) is 6.61 Å². The molecule has 0 saturated carbocycles. The van der Waals surface area contributed by atoms with Crippen LogP contribution < -0.4 is 0 Å². The number of benzene rings is 1. The molecular formula is C30H37ClO9. The zero-order chi connectivity index (χ0) is 30.0. The molecule has 10 heteroatoms. The van der Waals surface area contributed by atoms with Gasteiger partial charge < -0.3 is 23.7 Å². The van der Waals surface area contributed by atoms with Crippen LogP contribution in [0.3, 0.4) is 0 Å². The first-order valence-corrected chi connectivity index (χ1v) is 13.3. The highest BCUT2D eigenvalue weighted by atomic mass is 35.5. The Hall–Kier alpha value is -3.43. The van der Waals surface area contributed by atoms with Crippen molar-refractivity contribution in [3.05, 3.63) is 70.3 Å². The third kappa shape index (κ3) is 9.95. The van der Waals surface area contributed by atoms with E-state index in [4.69, 9.17) is 35.3 Å². The van der Waals surface area contributed by atoms with Crippen molar-refractivity contribution in [2.75, 3.05) is 6.61 Å². The van der Waals surface area contributed by atoms with Gasteiger partial charge in [0.05, 0.1) is 0 Å². The summed E-state index contributed by atoms with van der Waals surface area (Å²) < 4.78 is 27.6. The van der Waals surface area contributed by atoms with Gasteiger partial charge in [-0.15, -0.1) is 0 Å². The maximum Gasteiger partial charge on any atom is 0.303 e. The highest BCUT2D eigenvalue weighted by Crippen LogP contribution is 2.33. The van der Waals surface area contributed by atoms with Crippen molar-refractivity contribution in [3.63, 3.8) is 0 Å². The van der Waals surface area contributed by atoms with Crippen LogP contribution in [0.1, 0.15) is 52.7 Å². The van der Waals surface area contributed by atoms with E-state index in [9.17, 15) is 19.2 Å². The number of carbonyl (C=O) groups is 4. The molecular weight excluding hydrogens is 540 g/mol. The van der Waals surface area contributed by atoms with E-state index in [1.165, 1.54) is 26.3 Å². The fourth-order valence-corrected chi connectivity index (χ4v) is 4.36. The van der Waals surface area contributed by atoms with Crippen LogP contribution in [0.4, 0.5) is 0 Å². The molecule has 1 aromatic rings. The van der Waals surface area contributed by atoms with Crippen LogP contribution in [0.15, 0.2) is 59.2 Å². The van der Waals surface area contributed by atoms with Crippen molar-refractivity contribution in [1.82, 2.24) is 0 Å². The van der Waals surface area contributed by atoms with Crippen molar-refractivity contribution in [3.8, 4) is 0 Å². The Balaban J connectivity index is 2.39. The van der Waals surface area contributed by atoms with Gasteiger partial charge in [0.25, 0.3) is 0 Å². The summed E-state index contributed by atoms with van der Waals surface area (Å²) in [7, 11) is 0. The van der Waals surface area contributed by atoms with Gasteiger partial charge in [-0.1, -0.05) is 61.0 Å². The minimum absolute atomic E-state index is 0.318. The van der Waals surface area contributed by atoms with Gasteiger partial charge in [-0.3, -0.25) is 19.2 Å². The molecule has 1 fully saturated rings. The second-order valence-electron chi connectivity index (χ2n) is 9.50. The van der Waals surface area contributed by atoms with Crippen LogP contribution in [0, 0.1) is 0 Å². The number of hydrogen-bond donors (Lipinski definition) is 0. The molecule has 0 bridgehead atoms. The van der Waals surface area contributed by atoms with Gasteiger partial charge in [0.15, 0.2) is 18.3 Å². The normalized spacial score (nSPS) is 23.1. The molecule has 1 aliphatic heterocycles. The lowest BCUT2D eigenvalue weighted by Gasteiger charge is -2.44. The Morgan fingerprint density at radius 3 is 1.88 bits per heavy atom.